The highest BCUT2D eigenvalue weighted by Gasteiger charge is 2.71. The Kier molecular flexibility index (Phi) is 10.3. The van der Waals surface area contributed by atoms with Crippen molar-refractivity contribution in [2.45, 2.75) is 50.5 Å². The van der Waals surface area contributed by atoms with E-state index in [4.69, 9.17) is 4.74 Å². The molecule has 0 aliphatic carbocycles. The summed E-state index contributed by atoms with van der Waals surface area (Å²) in [4.78, 5) is 1.92. The first-order valence-electron chi connectivity index (χ1n) is 11.9. The van der Waals surface area contributed by atoms with E-state index in [9.17, 15) is 57.6 Å². The Balaban J connectivity index is 1.77. The highest BCUT2D eigenvalue weighted by molar-refractivity contribution is 7.97. The van der Waals surface area contributed by atoms with Gasteiger partial charge in [0.1, 0.15) is 18.1 Å². The fourth-order valence-electron chi connectivity index (χ4n) is 3.43. The van der Waals surface area contributed by atoms with Crippen molar-refractivity contribution in [3.63, 3.8) is 0 Å². The van der Waals surface area contributed by atoms with Crippen LogP contribution in [0.15, 0.2) is 93.5 Å². The maximum atomic E-state index is 13.6. The number of aliphatic hydroxyl groups is 1. The standard InChI is InChI=1S/C26H21F9O6S2/c27-22(24(28,29)43(37,38)39)14-15-40-17-6-10-20(11-7-17)42(19-4-2-1-3-5-19)21-12-8-18(9-13-21)41-16-23(36,25(30,31)32)26(33,34)35/h1-13,22,36H,14-16H2. The highest BCUT2D eigenvalue weighted by atomic mass is 32.2. The molecule has 0 saturated heterocycles. The molecule has 2 unspecified atom stereocenters. The Labute approximate surface area is 242 Å². The van der Waals surface area contributed by atoms with Crippen molar-refractivity contribution in [3.8, 4) is 11.5 Å². The van der Waals surface area contributed by atoms with Crippen LogP contribution in [0.4, 0.5) is 39.5 Å². The lowest BCUT2D eigenvalue weighted by molar-refractivity contribution is -0.373. The predicted molar refractivity (Wildman–Crippen MR) is 134 cm³/mol. The second-order valence-corrected chi connectivity index (χ2v) is 12.3. The van der Waals surface area contributed by atoms with Gasteiger partial charge in [-0.3, -0.25) is 0 Å². The molecule has 0 aliphatic heterocycles. The molecule has 0 saturated carbocycles. The molecule has 0 aromatic heterocycles. The van der Waals surface area contributed by atoms with Crippen LogP contribution in [0.25, 0.3) is 0 Å². The molecule has 6 nitrogen and oxygen atoms in total. The topological polar surface area (TPSA) is 95.9 Å². The van der Waals surface area contributed by atoms with E-state index < -0.39 is 70.0 Å². The van der Waals surface area contributed by atoms with Crippen LogP contribution >= 0.6 is 0 Å². The van der Waals surface area contributed by atoms with Gasteiger partial charge in [-0.15, -0.1) is 0 Å². The van der Waals surface area contributed by atoms with E-state index >= 15 is 0 Å². The van der Waals surface area contributed by atoms with Gasteiger partial charge in [-0.05, 0) is 60.7 Å². The maximum absolute atomic E-state index is 13.6. The van der Waals surface area contributed by atoms with Crippen LogP contribution in [-0.4, -0.2) is 60.7 Å². The molecule has 0 heterocycles. The minimum absolute atomic E-state index is 0.0893. The van der Waals surface area contributed by atoms with Crippen molar-refractivity contribution in [2.75, 3.05) is 13.2 Å². The summed E-state index contributed by atoms with van der Waals surface area (Å²) in [5, 5.41) is 4.16. The van der Waals surface area contributed by atoms with Crippen molar-refractivity contribution in [3.05, 3.63) is 78.9 Å². The number of hydrogen-bond donors (Lipinski definition) is 1. The molecule has 0 amide bonds. The van der Waals surface area contributed by atoms with E-state index in [1.165, 1.54) is 24.3 Å². The molecule has 1 N–H and O–H groups in total. The Morgan fingerprint density at radius 3 is 1.56 bits per heavy atom. The number of alkyl halides is 9. The summed E-state index contributed by atoms with van der Waals surface area (Å²) in [6.07, 6.45) is -16.5. The third-order valence-electron chi connectivity index (χ3n) is 5.82. The van der Waals surface area contributed by atoms with Crippen molar-refractivity contribution < 1.29 is 67.1 Å². The normalized spacial score (nSPS) is 14.7. The molecule has 0 aliphatic rings. The molecular formula is C26H21F9O6S2. The average Bonchev–Trinajstić information content (AvgIpc) is 2.92. The number of ether oxygens (including phenoxy) is 2. The summed E-state index contributed by atoms with van der Waals surface area (Å²) in [6, 6.07) is 19.7. The van der Waals surface area contributed by atoms with Crippen LogP contribution in [0.2, 0.25) is 0 Å². The molecule has 0 fully saturated rings. The zero-order valence-electron chi connectivity index (χ0n) is 21.4. The van der Waals surface area contributed by atoms with Crippen LogP contribution in [0.3, 0.4) is 0 Å². The summed E-state index contributed by atoms with van der Waals surface area (Å²) >= 11 is 0. The Morgan fingerprint density at radius 1 is 0.721 bits per heavy atom. The van der Waals surface area contributed by atoms with E-state index in [1.807, 2.05) is 0 Å². The minimum Gasteiger partial charge on any atom is -0.743 e. The highest BCUT2D eigenvalue weighted by Crippen LogP contribution is 2.43. The molecule has 43 heavy (non-hydrogen) atoms. The van der Waals surface area contributed by atoms with E-state index in [0.717, 1.165) is 17.0 Å². The lowest BCUT2D eigenvalue weighted by Crippen LogP contribution is -2.60. The monoisotopic (exact) mass is 664 g/mol. The molecule has 3 aromatic rings. The smallest absolute Gasteiger partial charge is 0.429 e. The van der Waals surface area contributed by atoms with E-state index in [1.54, 1.807) is 42.5 Å². The second-order valence-electron chi connectivity index (χ2n) is 8.83. The zero-order chi connectivity index (χ0) is 32.3. The van der Waals surface area contributed by atoms with Crippen molar-refractivity contribution in [1.82, 2.24) is 0 Å². The van der Waals surface area contributed by atoms with Gasteiger partial charge in [0.25, 0.3) is 5.60 Å². The molecule has 236 valence electrons. The summed E-state index contributed by atoms with van der Waals surface area (Å²) in [5.41, 5.74) is -5.09. The minimum atomic E-state index is -6.21. The van der Waals surface area contributed by atoms with Crippen molar-refractivity contribution >= 4 is 21.0 Å². The summed E-state index contributed by atoms with van der Waals surface area (Å²) < 4.78 is 159. The van der Waals surface area contributed by atoms with Gasteiger partial charge in [-0.25, -0.2) is 12.8 Å². The van der Waals surface area contributed by atoms with Crippen LogP contribution in [0, 0.1) is 0 Å². The average molecular weight is 665 g/mol. The first kappa shape index (κ1) is 34.3. The van der Waals surface area contributed by atoms with Crippen molar-refractivity contribution in [2.24, 2.45) is 0 Å². The maximum Gasteiger partial charge on any atom is 0.429 e. The first-order valence-corrected chi connectivity index (χ1v) is 14.5. The Bertz CT molecular complexity index is 1430. The van der Waals surface area contributed by atoms with Gasteiger partial charge >= 0.3 is 17.6 Å². The fourth-order valence-corrected chi connectivity index (χ4v) is 5.92. The quantitative estimate of drug-likeness (QED) is 0.140. The Hall–Kier alpha value is -3.15. The third kappa shape index (κ3) is 7.87. The molecule has 0 radical (unpaired) electrons. The van der Waals surface area contributed by atoms with E-state index in [-0.39, 0.29) is 11.5 Å². The fraction of sp³-hybridized carbons (Fsp3) is 0.308. The van der Waals surface area contributed by atoms with Crippen LogP contribution in [0.5, 0.6) is 11.5 Å². The zero-order valence-corrected chi connectivity index (χ0v) is 23.0. The summed E-state index contributed by atoms with van der Waals surface area (Å²) in [5.74, 6) is -0.288. The van der Waals surface area contributed by atoms with Gasteiger partial charge in [-0.2, -0.15) is 35.1 Å². The molecule has 0 bridgehead atoms. The van der Waals surface area contributed by atoms with Gasteiger partial charge in [0.2, 0.25) is 0 Å². The lowest BCUT2D eigenvalue weighted by Gasteiger charge is -2.31. The number of rotatable bonds is 12. The van der Waals surface area contributed by atoms with Crippen LogP contribution < -0.4 is 9.47 Å². The lowest BCUT2D eigenvalue weighted by atomic mass is 10.0. The molecule has 3 rings (SSSR count). The predicted octanol–water partition coefficient (Wildman–Crippen LogP) is 6.26. The van der Waals surface area contributed by atoms with Crippen LogP contribution in [-0.2, 0) is 21.0 Å². The van der Waals surface area contributed by atoms with Gasteiger partial charge in [0.15, 0.2) is 31.0 Å². The van der Waals surface area contributed by atoms with Gasteiger partial charge in [0, 0.05) is 6.42 Å². The van der Waals surface area contributed by atoms with Gasteiger partial charge in [0.05, 0.1) is 17.5 Å². The second kappa shape index (κ2) is 12.8. The molecule has 2 atom stereocenters. The molecule has 0 spiro atoms. The Morgan fingerprint density at radius 2 is 1.14 bits per heavy atom. The molecule has 3 aromatic carbocycles. The van der Waals surface area contributed by atoms with E-state index in [0.29, 0.717) is 9.79 Å². The van der Waals surface area contributed by atoms with Gasteiger partial charge in [-0.1, -0.05) is 18.2 Å². The number of benzene rings is 3. The SMILES string of the molecule is O=S(=O)([O-])C(F)(F)C(F)CCOc1ccc([S+](c2ccccc2)c2ccc(OCC(O)(C(F)(F)F)C(F)(F)F)cc2)cc1. The molecular weight excluding hydrogens is 643 g/mol. The van der Waals surface area contributed by atoms with Crippen LogP contribution in [0.1, 0.15) is 6.42 Å². The number of halogens is 9. The largest absolute Gasteiger partial charge is 0.743 e. The summed E-state index contributed by atoms with van der Waals surface area (Å²) in [6.45, 7) is -2.81. The van der Waals surface area contributed by atoms with E-state index in [2.05, 4.69) is 4.74 Å². The van der Waals surface area contributed by atoms with Crippen molar-refractivity contribution in [1.29, 1.82) is 0 Å². The summed E-state index contributed by atoms with van der Waals surface area (Å²) in [7, 11) is -7.11. The number of hydrogen-bond acceptors (Lipinski definition) is 6. The van der Waals surface area contributed by atoms with Gasteiger partial charge < -0.3 is 19.1 Å². The molecule has 17 heteroatoms. The first-order chi connectivity index (χ1) is 19.8. The third-order valence-corrected chi connectivity index (χ3v) is 8.97.